The number of benzene rings is 3. The van der Waals surface area contributed by atoms with Crippen molar-refractivity contribution in [3.05, 3.63) is 94.0 Å². The second-order valence-corrected chi connectivity index (χ2v) is 7.80. The lowest BCUT2D eigenvalue weighted by Crippen LogP contribution is -2.12. The van der Waals surface area contributed by atoms with Gasteiger partial charge in [0.25, 0.3) is 11.6 Å². The van der Waals surface area contributed by atoms with Crippen LogP contribution in [0.5, 0.6) is 6.01 Å². The van der Waals surface area contributed by atoms with E-state index in [9.17, 15) is 14.9 Å². The Kier molecular flexibility index (Phi) is 7.66. The SMILES string of the molecule is CCOCCOc1nc(-c2ccccc2C)n(-c2cccc(NC(=O)c3ccc([N+](=O)[O-])cc3)c2)n1. The van der Waals surface area contributed by atoms with E-state index in [1.807, 2.05) is 44.2 Å². The predicted molar refractivity (Wildman–Crippen MR) is 135 cm³/mol. The van der Waals surface area contributed by atoms with Crippen molar-refractivity contribution in [3.8, 4) is 23.1 Å². The van der Waals surface area contributed by atoms with E-state index in [1.54, 1.807) is 22.9 Å². The molecule has 0 atom stereocenters. The first-order valence-corrected chi connectivity index (χ1v) is 11.4. The van der Waals surface area contributed by atoms with Crippen LogP contribution in [0.3, 0.4) is 0 Å². The fraction of sp³-hybridized carbons (Fsp3) is 0.192. The van der Waals surface area contributed by atoms with Crippen molar-refractivity contribution in [2.45, 2.75) is 13.8 Å². The van der Waals surface area contributed by atoms with Crippen LogP contribution in [-0.2, 0) is 4.74 Å². The molecule has 0 radical (unpaired) electrons. The maximum absolute atomic E-state index is 12.7. The molecule has 36 heavy (non-hydrogen) atoms. The number of amides is 1. The van der Waals surface area contributed by atoms with Crippen molar-refractivity contribution in [3.63, 3.8) is 0 Å². The number of hydrogen-bond donors (Lipinski definition) is 1. The third-order valence-electron chi connectivity index (χ3n) is 5.33. The minimum atomic E-state index is -0.510. The van der Waals surface area contributed by atoms with E-state index in [1.165, 1.54) is 24.3 Å². The number of hydrogen-bond acceptors (Lipinski definition) is 7. The van der Waals surface area contributed by atoms with E-state index in [0.29, 0.717) is 42.6 Å². The summed E-state index contributed by atoms with van der Waals surface area (Å²) in [7, 11) is 0. The van der Waals surface area contributed by atoms with Gasteiger partial charge in [0.05, 0.1) is 17.2 Å². The number of non-ortho nitro benzene ring substituents is 1. The Morgan fingerprint density at radius 1 is 1.06 bits per heavy atom. The lowest BCUT2D eigenvalue weighted by molar-refractivity contribution is -0.384. The summed E-state index contributed by atoms with van der Waals surface area (Å²) in [6.45, 7) is 5.24. The Labute approximate surface area is 207 Å². The normalized spacial score (nSPS) is 10.7. The molecule has 0 aliphatic rings. The molecule has 0 fully saturated rings. The number of nitrogens with zero attached hydrogens (tertiary/aromatic N) is 4. The fourth-order valence-corrected chi connectivity index (χ4v) is 3.52. The van der Waals surface area contributed by atoms with Gasteiger partial charge < -0.3 is 14.8 Å². The molecular weight excluding hydrogens is 462 g/mol. The van der Waals surface area contributed by atoms with Crippen LogP contribution in [0.1, 0.15) is 22.8 Å². The van der Waals surface area contributed by atoms with Crippen molar-refractivity contribution in [2.75, 3.05) is 25.1 Å². The maximum Gasteiger partial charge on any atom is 0.336 e. The van der Waals surface area contributed by atoms with Crippen molar-refractivity contribution in [1.29, 1.82) is 0 Å². The minimum Gasteiger partial charge on any atom is -0.460 e. The number of nitrogens with one attached hydrogen (secondary N) is 1. The number of nitro groups is 1. The molecule has 3 aromatic carbocycles. The van der Waals surface area contributed by atoms with Gasteiger partial charge in [-0.05, 0) is 49.7 Å². The highest BCUT2D eigenvalue weighted by Crippen LogP contribution is 2.27. The molecule has 1 amide bonds. The number of anilines is 1. The molecule has 4 rings (SSSR count). The topological polar surface area (TPSA) is 121 Å². The van der Waals surface area contributed by atoms with Gasteiger partial charge in [0.2, 0.25) is 0 Å². The Morgan fingerprint density at radius 2 is 1.83 bits per heavy atom. The minimum absolute atomic E-state index is 0.0808. The van der Waals surface area contributed by atoms with E-state index in [2.05, 4.69) is 15.4 Å². The van der Waals surface area contributed by atoms with E-state index >= 15 is 0 Å². The highest BCUT2D eigenvalue weighted by atomic mass is 16.6. The summed E-state index contributed by atoms with van der Waals surface area (Å²) in [4.78, 5) is 27.7. The number of carbonyl (C=O) groups excluding carboxylic acids is 1. The highest BCUT2D eigenvalue weighted by Gasteiger charge is 2.17. The molecule has 0 saturated heterocycles. The van der Waals surface area contributed by atoms with Crippen LogP contribution in [0.25, 0.3) is 17.1 Å². The summed E-state index contributed by atoms with van der Waals surface area (Å²) < 4.78 is 12.7. The van der Waals surface area contributed by atoms with Crippen LogP contribution in [0.4, 0.5) is 11.4 Å². The zero-order valence-corrected chi connectivity index (χ0v) is 19.9. The van der Waals surface area contributed by atoms with Gasteiger partial charge in [-0.1, -0.05) is 30.3 Å². The van der Waals surface area contributed by atoms with Crippen LogP contribution in [0.15, 0.2) is 72.8 Å². The van der Waals surface area contributed by atoms with Gasteiger partial charge in [-0.2, -0.15) is 4.98 Å². The summed E-state index contributed by atoms with van der Waals surface area (Å²) in [5, 5.41) is 18.2. The molecule has 10 nitrogen and oxygen atoms in total. The van der Waals surface area contributed by atoms with E-state index in [4.69, 9.17) is 9.47 Å². The number of ether oxygens (including phenoxy) is 2. The largest absolute Gasteiger partial charge is 0.460 e. The second kappa shape index (κ2) is 11.2. The van der Waals surface area contributed by atoms with Crippen molar-refractivity contribution in [1.82, 2.24) is 14.8 Å². The molecule has 0 bridgehead atoms. The summed E-state index contributed by atoms with van der Waals surface area (Å²) in [5.41, 5.74) is 3.34. The van der Waals surface area contributed by atoms with E-state index in [-0.39, 0.29) is 17.6 Å². The van der Waals surface area contributed by atoms with Crippen molar-refractivity contribution < 1.29 is 19.2 Å². The van der Waals surface area contributed by atoms with Gasteiger partial charge >= 0.3 is 6.01 Å². The Morgan fingerprint density at radius 3 is 2.56 bits per heavy atom. The number of aromatic nitrogens is 3. The van der Waals surface area contributed by atoms with Crippen LogP contribution in [0, 0.1) is 17.0 Å². The van der Waals surface area contributed by atoms with Crippen molar-refractivity contribution >= 4 is 17.3 Å². The molecule has 4 aromatic rings. The number of aryl methyl sites for hydroxylation is 1. The lowest BCUT2D eigenvalue weighted by Gasteiger charge is -2.10. The van der Waals surface area contributed by atoms with Crippen molar-refractivity contribution in [2.24, 2.45) is 0 Å². The van der Waals surface area contributed by atoms with Crippen LogP contribution >= 0.6 is 0 Å². The molecule has 0 aliphatic carbocycles. The molecule has 10 heteroatoms. The molecule has 1 aromatic heterocycles. The molecular formula is C26H25N5O5. The molecule has 0 spiro atoms. The van der Waals surface area contributed by atoms with Gasteiger partial charge in [-0.3, -0.25) is 14.9 Å². The van der Waals surface area contributed by atoms with Gasteiger partial charge in [-0.25, -0.2) is 4.68 Å². The Hall–Kier alpha value is -4.57. The van der Waals surface area contributed by atoms with E-state index < -0.39 is 4.92 Å². The Bertz CT molecular complexity index is 1370. The average molecular weight is 488 g/mol. The van der Waals surface area contributed by atoms with Crippen LogP contribution in [0.2, 0.25) is 0 Å². The summed E-state index contributed by atoms with van der Waals surface area (Å²) >= 11 is 0. The third kappa shape index (κ3) is 5.73. The molecule has 0 saturated carbocycles. The fourth-order valence-electron chi connectivity index (χ4n) is 3.52. The van der Waals surface area contributed by atoms with E-state index in [0.717, 1.165) is 11.1 Å². The van der Waals surface area contributed by atoms with Crippen LogP contribution in [-0.4, -0.2) is 45.4 Å². The maximum atomic E-state index is 12.7. The number of rotatable bonds is 10. The summed E-state index contributed by atoms with van der Waals surface area (Å²) in [5.74, 6) is 0.207. The smallest absolute Gasteiger partial charge is 0.336 e. The summed E-state index contributed by atoms with van der Waals surface area (Å²) in [6, 6.07) is 20.6. The first kappa shape index (κ1) is 24.6. The number of nitro benzene ring substituents is 1. The monoisotopic (exact) mass is 487 g/mol. The Balaban J connectivity index is 1.62. The third-order valence-corrected chi connectivity index (χ3v) is 5.33. The standard InChI is InChI=1S/C26H25N5O5/c1-3-35-15-16-36-26-28-24(23-10-5-4-7-18(23)2)30(29-26)22-9-6-8-20(17-22)27-25(32)19-11-13-21(14-12-19)31(33)34/h4-14,17H,3,15-16H2,1-2H3,(H,27,32). The highest BCUT2D eigenvalue weighted by molar-refractivity contribution is 6.04. The predicted octanol–water partition coefficient (Wildman–Crippen LogP) is 4.82. The first-order chi connectivity index (χ1) is 17.5. The van der Waals surface area contributed by atoms with Gasteiger partial charge in [0.15, 0.2) is 5.82 Å². The quantitative estimate of drug-likeness (QED) is 0.193. The second-order valence-electron chi connectivity index (χ2n) is 7.80. The summed E-state index contributed by atoms with van der Waals surface area (Å²) in [6.07, 6.45) is 0. The zero-order valence-electron chi connectivity index (χ0n) is 19.9. The first-order valence-electron chi connectivity index (χ1n) is 11.4. The molecule has 0 unspecified atom stereocenters. The number of carbonyl (C=O) groups is 1. The van der Waals surface area contributed by atoms with Gasteiger partial charge in [-0.15, -0.1) is 5.10 Å². The zero-order chi connectivity index (χ0) is 25.5. The van der Waals surface area contributed by atoms with Gasteiger partial charge in [0.1, 0.15) is 6.61 Å². The van der Waals surface area contributed by atoms with Crippen LogP contribution < -0.4 is 10.1 Å². The molecule has 1 heterocycles. The molecule has 1 N–H and O–H groups in total. The lowest BCUT2D eigenvalue weighted by atomic mass is 10.1. The average Bonchev–Trinajstić information content (AvgIpc) is 3.31. The molecule has 0 aliphatic heterocycles. The van der Waals surface area contributed by atoms with Gasteiger partial charge in [0, 0.05) is 35.6 Å². The molecule has 184 valence electrons.